The van der Waals surface area contributed by atoms with Crippen LogP contribution in [0.25, 0.3) is 0 Å². The van der Waals surface area contributed by atoms with Gasteiger partial charge < -0.3 is 4.74 Å². The molecule has 10 heavy (non-hydrogen) atoms. The quantitative estimate of drug-likeness (QED) is 0.483. The minimum absolute atomic E-state index is 0.0784. The third-order valence-corrected chi connectivity index (χ3v) is 1.95. The Morgan fingerprint density at radius 2 is 1.40 bits per heavy atom. The van der Waals surface area contributed by atoms with E-state index in [2.05, 4.69) is 0 Å². The van der Waals surface area contributed by atoms with Crippen molar-refractivity contribution in [2.75, 3.05) is 0 Å². The number of ether oxygens (including phenoxy) is 1. The summed E-state index contributed by atoms with van der Waals surface area (Å²) in [6.45, 7) is 0. The van der Waals surface area contributed by atoms with Crippen LogP contribution in [0, 0.1) is 0 Å². The smallest absolute Gasteiger partial charge is 0.194 e. The van der Waals surface area contributed by atoms with E-state index < -0.39 is 0 Å². The number of hydrogen-bond acceptors (Lipinski definition) is 3. The van der Waals surface area contributed by atoms with Crippen molar-refractivity contribution in [3.63, 3.8) is 0 Å². The fourth-order valence-corrected chi connectivity index (χ4v) is 1.37. The first-order chi connectivity index (χ1) is 4.95. The van der Waals surface area contributed by atoms with Crippen molar-refractivity contribution in [3.8, 4) is 0 Å². The lowest BCUT2D eigenvalue weighted by atomic mass is 10.1. The maximum Gasteiger partial charge on any atom is 0.194 e. The Balaban J connectivity index is 1.91. The molecule has 0 amide bonds. The molecule has 2 aliphatic heterocycles. The van der Waals surface area contributed by atoms with Crippen LogP contribution >= 0.6 is 0 Å². The van der Waals surface area contributed by atoms with Gasteiger partial charge in [-0.3, -0.25) is 0 Å². The van der Waals surface area contributed by atoms with Gasteiger partial charge in [0.25, 0.3) is 0 Å². The summed E-state index contributed by atoms with van der Waals surface area (Å²) in [6.07, 6.45) is 5.48. The molecule has 2 heterocycles. The molecule has 3 nitrogen and oxygen atoms in total. The van der Waals surface area contributed by atoms with E-state index in [9.17, 15) is 0 Å². The van der Waals surface area contributed by atoms with E-state index in [0.29, 0.717) is 0 Å². The van der Waals surface area contributed by atoms with Crippen molar-refractivity contribution in [2.45, 2.75) is 44.7 Å². The lowest BCUT2D eigenvalue weighted by Gasteiger charge is -2.11. The molecule has 0 spiro atoms. The molecule has 2 saturated heterocycles. The van der Waals surface area contributed by atoms with E-state index >= 15 is 0 Å². The Morgan fingerprint density at radius 3 is 2.00 bits per heavy atom. The van der Waals surface area contributed by atoms with Gasteiger partial charge in [-0.25, -0.2) is 9.78 Å². The summed E-state index contributed by atoms with van der Waals surface area (Å²) >= 11 is 0. The minimum Gasteiger partial charge on any atom is -0.318 e. The molecule has 3 heteroatoms. The molecule has 0 aromatic heterocycles. The van der Waals surface area contributed by atoms with Gasteiger partial charge in [0.05, 0.1) is 0 Å². The zero-order valence-corrected chi connectivity index (χ0v) is 5.91. The summed E-state index contributed by atoms with van der Waals surface area (Å²) in [7, 11) is 0. The second kappa shape index (κ2) is 2.86. The number of fused-ring (bicyclic) bond motifs is 2. The minimum atomic E-state index is -0.0784. The fourth-order valence-electron chi connectivity index (χ4n) is 1.37. The van der Waals surface area contributed by atoms with E-state index in [0.717, 1.165) is 12.8 Å². The summed E-state index contributed by atoms with van der Waals surface area (Å²) in [6, 6.07) is 0. The van der Waals surface area contributed by atoms with Crippen LogP contribution in [0.1, 0.15) is 32.1 Å². The van der Waals surface area contributed by atoms with Gasteiger partial charge in [-0.2, -0.15) is 0 Å². The SMILES string of the molecule is C1CCC2OOC(CC1)O2. The molecule has 0 aromatic carbocycles. The van der Waals surface area contributed by atoms with E-state index in [1.165, 1.54) is 19.3 Å². The van der Waals surface area contributed by atoms with E-state index in [1.807, 2.05) is 0 Å². The van der Waals surface area contributed by atoms with Crippen LogP contribution in [0.4, 0.5) is 0 Å². The second-order valence-corrected chi connectivity index (χ2v) is 2.83. The summed E-state index contributed by atoms with van der Waals surface area (Å²) in [5, 5.41) is 0. The van der Waals surface area contributed by atoms with Crippen LogP contribution in [-0.4, -0.2) is 12.6 Å². The Bertz CT molecular complexity index is 103. The highest BCUT2D eigenvalue weighted by atomic mass is 17.3. The normalized spacial score (nSPS) is 40.8. The highest BCUT2D eigenvalue weighted by Crippen LogP contribution is 2.25. The standard InChI is InChI=1S/C7H12O3/c1-2-4-6-8-7(5-3-1)10-9-6/h6-7H,1-5H2. The van der Waals surface area contributed by atoms with Crippen molar-refractivity contribution in [1.29, 1.82) is 0 Å². The highest BCUT2D eigenvalue weighted by Gasteiger charge is 2.28. The van der Waals surface area contributed by atoms with E-state index in [4.69, 9.17) is 14.5 Å². The van der Waals surface area contributed by atoms with Crippen LogP contribution in [0.2, 0.25) is 0 Å². The Kier molecular flexibility index (Phi) is 1.88. The first kappa shape index (κ1) is 6.58. The molecule has 0 saturated carbocycles. The molecule has 2 rings (SSSR count). The Hall–Kier alpha value is -0.120. The maximum absolute atomic E-state index is 5.36. The zero-order valence-electron chi connectivity index (χ0n) is 5.91. The zero-order chi connectivity index (χ0) is 6.81. The lowest BCUT2D eigenvalue weighted by Crippen LogP contribution is -2.14. The number of rotatable bonds is 0. The average molecular weight is 144 g/mol. The lowest BCUT2D eigenvalue weighted by molar-refractivity contribution is -0.296. The van der Waals surface area contributed by atoms with Crippen molar-refractivity contribution in [2.24, 2.45) is 0 Å². The molecule has 2 bridgehead atoms. The first-order valence-corrected chi connectivity index (χ1v) is 3.93. The molecule has 0 aliphatic carbocycles. The topological polar surface area (TPSA) is 27.7 Å². The molecule has 2 aliphatic rings. The predicted molar refractivity (Wildman–Crippen MR) is 33.9 cm³/mol. The second-order valence-electron chi connectivity index (χ2n) is 2.83. The summed E-state index contributed by atoms with van der Waals surface area (Å²) < 4.78 is 5.36. The van der Waals surface area contributed by atoms with Crippen LogP contribution in [0.5, 0.6) is 0 Å². The van der Waals surface area contributed by atoms with Crippen molar-refractivity contribution < 1.29 is 14.5 Å². The van der Waals surface area contributed by atoms with Crippen LogP contribution < -0.4 is 0 Å². The van der Waals surface area contributed by atoms with E-state index in [-0.39, 0.29) is 12.6 Å². The molecular weight excluding hydrogens is 132 g/mol. The largest absolute Gasteiger partial charge is 0.318 e. The predicted octanol–water partition coefficient (Wildman–Crippen LogP) is 1.58. The van der Waals surface area contributed by atoms with Crippen LogP contribution in [0.3, 0.4) is 0 Å². The molecule has 2 unspecified atom stereocenters. The van der Waals surface area contributed by atoms with Crippen molar-refractivity contribution >= 4 is 0 Å². The first-order valence-electron chi connectivity index (χ1n) is 3.93. The fraction of sp³-hybridized carbons (Fsp3) is 1.00. The van der Waals surface area contributed by atoms with Crippen molar-refractivity contribution in [3.05, 3.63) is 0 Å². The monoisotopic (exact) mass is 144 g/mol. The third kappa shape index (κ3) is 1.31. The van der Waals surface area contributed by atoms with Gasteiger partial charge in [0.15, 0.2) is 12.6 Å². The molecular formula is C7H12O3. The third-order valence-electron chi connectivity index (χ3n) is 1.95. The van der Waals surface area contributed by atoms with Gasteiger partial charge in [0.2, 0.25) is 0 Å². The molecule has 0 N–H and O–H groups in total. The van der Waals surface area contributed by atoms with Crippen molar-refractivity contribution in [1.82, 2.24) is 0 Å². The maximum atomic E-state index is 5.36. The number of hydrogen-bond donors (Lipinski definition) is 0. The Morgan fingerprint density at radius 1 is 0.800 bits per heavy atom. The van der Waals surface area contributed by atoms with Crippen LogP contribution in [0.15, 0.2) is 0 Å². The molecule has 2 fully saturated rings. The van der Waals surface area contributed by atoms with Gasteiger partial charge in [-0.05, 0) is 12.8 Å². The van der Waals surface area contributed by atoms with Crippen LogP contribution in [-0.2, 0) is 14.5 Å². The van der Waals surface area contributed by atoms with Gasteiger partial charge in [0, 0.05) is 12.8 Å². The molecule has 0 radical (unpaired) electrons. The van der Waals surface area contributed by atoms with E-state index in [1.54, 1.807) is 0 Å². The average Bonchev–Trinajstić information content (AvgIpc) is 2.30. The summed E-state index contributed by atoms with van der Waals surface area (Å²) in [4.78, 5) is 9.83. The Labute approximate surface area is 60.2 Å². The van der Waals surface area contributed by atoms with Gasteiger partial charge in [0.1, 0.15) is 0 Å². The summed E-state index contributed by atoms with van der Waals surface area (Å²) in [5.74, 6) is 0. The highest BCUT2D eigenvalue weighted by molar-refractivity contribution is 4.58. The molecule has 0 aromatic rings. The van der Waals surface area contributed by atoms with Gasteiger partial charge in [-0.1, -0.05) is 6.42 Å². The molecule has 2 atom stereocenters. The van der Waals surface area contributed by atoms with Gasteiger partial charge >= 0.3 is 0 Å². The summed E-state index contributed by atoms with van der Waals surface area (Å²) in [5.41, 5.74) is 0. The molecule has 58 valence electrons. The van der Waals surface area contributed by atoms with Gasteiger partial charge in [-0.15, -0.1) is 0 Å².